The lowest BCUT2D eigenvalue weighted by atomic mass is 10.00. The molecule has 0 radical (unpaired) electrons. The Bertz CT molecular complexity index is 669. The van der Waals surface area contributed by atoms with E-state index in [0.29, 0.717) is 18.8 Å². The van der Waals surface area contributed by atoms with Crippen LogP contribution in [-0.2, 0) is 11.3 Å². The van der Waals surface area contributed by atoms with Gasteiger partial charge in [0.1, 0.15) is 18.3 Å². The standard InChI is InChI=1S/C17H18N2O2/c1-19(10-12-6-2-4-8-15(12)18)17(20)14-11-21-16-9-5-3-7-13(14)16/h2-9,14H,10-11,18H2,1H3. The highest BCUT2D eigenvalue weighted by Gasteiger charge is 2.32. The SMILES string of the molecule is CN(Cc1ccccc1N)C(=O)C1COc2ccccc21. The van der Waals surface area contributed by atoms with Crippen molar-refractivity contribution in [2.45, 2.75) is 12.5 Å². The molecule has 3 rings (SSSR count). The predicted octanol–water partition coefficient (Wildman–Crippen LogP) is 2.40. The molecule has 0 saturated heterocycles. The van der Waals surface area contributed by atoms with E-state index >= 15 is 0 Å². The van der Waals surface area contributed by atoms with Gasteiger partial charge < -0.3 is 15.4 Å². The molecule has 0 fully saturated rings. The van der Waals surface area contributed by atoms with Crippen LogP contribution in [0.4, 0.5) is 5.69 Å². The van der Waals surface area contributed by atoms with Gasteiger partial charge in [-0.1, -0.05) is 36.4 Å². The molecule has 2 aromatic carbocycles. The van der Waals surface area contributed by atoms with E-state index in [1.807, 2.05) is 48.5 Å². The highest BCUT2D eigenvalue weighted by Crippen LogP contribution is 2.34. The number of nitrogen functional groups attached to an aromatic ring is 1. The van der Waals surface area contributed by atoms with Crippen molar-refractivity contribution < 1.29 is 9.53 Å². The summed E-state index contributed by atoms with van der Waals surface area (Å²) >= 11 is 0. The number of likely N-dealkylation sites (N-methyl/N-ethyl adjacent to an activating group) is 1. The van der Waals surface area contributed by atoms with Gasteiger partial charge in [0.15, 0.2) is 0 Å². The molecule has 4 heteroatoms. The van der Waals surface area contributed by atoms with E-state index in [1.54, 1.807) is 11.9 Å². The number of hydrogen-bond acceptors (Lipinski definition) is 3. The summed E-state index contributed by atoms with van der Waals surface area (Å²) in [7, 11) is 1.80. The Morgan fingerprint density at radius 1 is 1.24 bits per heavy atom. The molecule has 2 aromatic rings. The Morgan fingerprint density at radius 3 is 2.76 bits per heavy atom. The van der Waals surface area contributed by atoms with Crippen LogP contribution in [0.25, 0.3) is 0 Å². The van der Waals surface area contributed by atoms with E-state index in [2.05, 4.69) is 0 Å². The van der Waals surface area contributed by atoms with Gasteiger partial charge in [-0.25, -0.2) is 0 Å². The maximum absolute atomic E-state index is 12.6. The molecule has 4 nitrogen and oxygen atoms in total. The lowest BCUT2D eigenvalue weighted by Crippen LogP contribution is -2.32. The lowest BCUT2D eigenvalue weighted by molar-refractivity contribution is -0.132. The largest absolute Gasteiger partial charge is 0.492 e. The molecular weight excluding hydrogens is 264 g/mol. The van der Waals surface area contributed by atoms with Gasteiger partial charge >= 0.3 is 0 Å². The first kappa shape index (κ1) is 13.5. The molecule has 0 bridgehead atoms. The molecule has 108 valence electrons. The first-order valence-corrected chi connectivity index (χ1v) is 6.97. The second-order valence-corrected chi connectivity index (χ2v) is 5.29. The third-order valence-corrected chi connectivity index (χ3v) is 3.84. The summed E-state index contributed by atoms with van der Waals surface area (Å²) in [4.78, 5) is 14.3. The Kier molecular flexibility index (Phi) is 3.52. The van der Waals surface area contributed by atoms with Gasteiger partial charge in [0, 0.05) is 24.8 Å². The van der Waals surface area contributed by atoms with E-state index in [-0.39, 0.29) is 11.8 Å². The van der Waals surface area contributed by atoms with Crippen molar-refractivity contribution in [3.63, 3.8) is 0 Å². The quantitative estimate of drug-likeness (QED) is 0.880. The van der Waals surface area contributed by atoms with Gasteiger partial charge in [-0.15, -0.1) is 0 Å². The summed E-state index contributed by atoms with van der Waals surface area (Å²) in [6.45, 7) is 0.914. The fourth-order valence-corrected chi connectivity index (χ4v) is 2.64. The van der Waals surface area contributed by atoms with Crippen molar-refractivity contribution in [2.75, 3.05) is 19.4 Å². The van der Waals surface area contributed by atoms with E-state index in [0.717, 1.165) is 16.9 Å². The van der Waals surface area contributed by atoms with Gasteiger partial charge in [-0.05, 0) is 17.7 Å². The average molecular weight is 282 g/mol. The molecule has 1 amide bonds. The van der Waals surface area contributed by atoms with Crippen LogP contribution in [0.1, 0.15) is 17.0 Å². The number of hydrogen-bond donors (Lipinski definition) is 1. The molecule has 2 N–H and O–H groups in total. The smallest absolute Gasteiger partial charge is 0.233 e. The highest BCUT2D eigenvalue weighted by molar-refractivity contribution is 5.85. The maximum atomic E-state index is 12.6. The molecule has 0 spiro atoms. The van der Waals surface area contributed by atoms with E-state index < -0.39 is 0 Å². The number of amides is 1. The molecule has 1 heterocycles. The molecule has 1 atom stereocenters. The van der Waals surface area contributed by atoms with Crippen LogP contribution in [0.3, 0.4) is 0 Å². The van der Waals surface area contributed by atoms with Crippen molar-refractivity contribution in [2.24, 2.45) is 0 Å². The monoisotopic (exact) mass is 282 g/mol. The summed E-state index contributed by atoms with van der Waals surface area (Å²) < 4.78 is 5.58. The summed E-state index contributed by atoms with van der Waals surface area (Å²) in [5, 5.41) is 0. The Morgan fingerprint density at radius 2 is 1.95 bits per heavy atom. The summed E-state index contributed by atoms with van der Waals surface area (Å²) in [6, 6.07) is 15.3. The van der Waals surface area contributed by atoms with Gasteiger partial charge in [0.2, 0.25) is 5.91 Å². The van der Waals surface area contributed by atoms with Crippen LogP contribution in [0, 0.1) is 0 Å². The van der Waals surface area contributed by atoms with Crippen molar-refractivity contribution in [1.82, 2.24) is 4.90 Å². The lowest BCUT2D eigenvalue weighted by Gasteiger charge is -2.21. The van der Waals surface area contributed by atoms with Crippen LogP contribution in [0.2, 0.25) is 0 Å². The van der Waals surface area contributed by atoms with E-state index in [4.69, 9.17) is 10.5 Å². The number of carbonyl (C=O) groups excluding carboxylic acids is 1. The number of benzene rings is 2. The van der Waals surface area contributed by atoms with Crippen molar-refractivity contribution in [3.8, 4) is 5.75 Å². The second-order valence-electron chi connectivity index (χ2n) is 5.29. The predicted molar refractivity (Wildman–Crippen MR) is 82.0 cm³/mol. The minimum atomic E-state index is -0.226. The van der Waals surface area contributed by atoms with Crippen molar-refractivity contribution >= 4 is 11.6 Å². The summed E-state index contributed by atoms with van der Waals surface area (Å²) in [5.41, 5.74) is 8.57. The third-order valence-electron chi connectivity index (χ3n) is 3.84. The first-order chi connectivity index (χ1) is 10.2. The van der Waals surface area contributed by atoms with Gasteiger partial charge in [0.05, 0.1) is 0 Å². The second kappa shape index (κ2) is 5.48. The van der Waals surface area contributed by atoms with Crippen molar-refractivity contribution in [3.05, 3.63) is 59.7 Å². The minimum Gasteiger partial charge on any atom is -0.492 e. The zero-order valence-corrected chi connectivity index (χ0v) is 12.0. The number of anilines is 1. The Labute approximate surface area is 124 Å². The maximum Gasteiger partial charge on any atom is 0.233 e. The molecule has 1 unspecified atom stereocenters. The normalized spacial score (nSPS) is 16.1. The zero-order chi connectivity index (χ0) is 14.8. The van der Waals surface area contributed by atoms with E-state index in [9.17, 15) is 4.79 Å². The van der Waals surface area contributed by atoms with Gasteiger partial charge in [-0.2, -0.15) is 0 Å². The number of nitrogens with two attached hydrogens (primary N) is 1. The Hall–Kier alpha value is -2.49. The fraction of sp³-hybridized carbons (Fsp3) is 0.235. The summed E-state index contributed by atoms with van der Waals surface area (Å²) in [5.74, 6) is 0.641. The zero-order valence-electron chi connectivity index (χ0n) is 12.0. The number of para-hydroxylation sites is 2. The number of nitrogens with zero attached hydrogens (tertiary/aromatic N) is 1. The van der Waals surface area contributed by atoms with Crippen molar-refractivity contribution in [1.29, 1.82) is 0 Å². The third kappa shape index (κ3) is 2.57. The van der Waals surface area contributed by atoms with Crippen LogP contribution >= 0.6 is 0 Å². The molecule has 0 aliphatic carbocycles. The fourth-order valence-electron chi connectivity index (χ4n) is 2.64. The highest BCUT2D eigenvalue weighted by atomic mass is 16.5. The average Bonchev–Trinajstić information content (AvgIpc) is 2.92. The molecule has 1 aliphatic rings. The Balaban J connectivity index is 1.76. The van der Waals surface area contributed by atoms with Gasteiger partial charge in [0.25, 0.3) is 0 Å². The number of fused-ring (bicyclic) bond motifs is 1. The number of rotatable bonds is 3. The van der Waals surface area contributed by atoms with Crippen LogP contribution in [0.15, 0.2) is 48.5 Å². The first-order valence-electron chi connectivity index (χ1n) is 6.97. The van der Waals surface area contributed by atoms with Crippen LogP contribution < -0.4 is 10.5 Å². The molecular formula is C17H18N2O2. The number of ether oxygens (including phenoxy) is 1. The molecule has 0 aromatic heterocycles. The number of carbonyl (C=O) groups is 1. The minimum absolute atomic E-state index is 0.0585. The molecule has 1 aliphatic heterocycles. The van der Waals surface area contributed by atoms with E-state index in [1.165, 1.54) is 0 Å². The van der Waals surface area contributed by atoms with Crippen LogP contribution in [0.5, 0.6) is 5.75 Å². The van der Waals surface area contributed by atoms with Crippen LogP contribution in [-0.4, -0.2) is 24.5 Å². The molecule has 0 saturated carbocycles. The summed E-state index contributed by atoms with van der Waals surface area (Å²) in [6.07, 6.45) is 0. The topological polar surface area (TPSA) is 55.6 Å². The molecule has 21 heavy (non-hydrogen) atoms. The van der Waals surface area contributed by atoms with Gasteiger partial charge in [-0.3, -0.25) is 4.79 Å².